The first-order chi connectivity index (χ1) is 20.8. The van der Waals surface area contributed by atoms with Crippen molar-refractivity contribution in [2.24, 2.45) is 0 Å². The standard InChI is InChI=1S/C40H32N2/c1-2-41(39-20-10-14-32-12-6-8-18-37(32)39)34-26-22-30(23-27-34)31-24-28-36(29-25-31)42(35-16-4-3-5-17-35)40-21-11-15-33-13-7-9-19-38(33)40/h3-29H,2H2,1H3. The van der Waals surface area contributed by atoms with Crippen molar-refractivity contribution in [2.75, 3.05) is 16.3 Å². The minimum atomic E-state index is 0.894. The third-order valence-corrected chi connectivity index (χ3v) is 8.03. The molecule has 7 aromatic rings. The SMILES string of the molecule is CCN(c1ccc(-c2ccc(N(c3ccccc3)c3cccc4ccccc34)cc2)cc1)c1cccc2ccccc12. The maximum atomic E-state index is 2.39. The highest BCUT2D eigenvalue weighted by Crippen LogP contribution is 2.39. The zero-order chi connectivity index (χ0) is 28.3. The number of anilines is 5. The number of fused-ring (bicyclic) bond motifs is 2. The lowest BCUT2D eigenvalue weighted by molar-refractivity contribution is 1.03. The number of rotatable bonds is 7. The Morgan fingerprint density at radius 3 is 1.43 bits per heavy atom. The van der Waals surface area contributed by atoms with Crippen LogP contribution in [0.15, 0.2) is 164 Å². The molecule has 0 bridgehead atoms. The fourth-order valence-corrected chi connectivity index (χ4v) is 5.98. The number of benzene rings is 7. The molecular weight excluding hydrogens is 508 g/mol. The van der Waals surface area contributed by atoms with Crippen LogP contribution in [0.2, 0.25) is 0 Å². The molecule has 0 aliphatic carbocycles. The van der Waals surface area contributed by atoms with Crippen molar-refractivity contribution >= 4 is 50.0 Å². The highest BCUT2D eigenvalue weighted by atomic mass is 15.1. The van der Waals surface area contributed by atoms with Crippen LogP contribution in [0.3, 0.4) is 0 Å². The summed E-state index contributed by atoms with van der Waals surface area (Å²) in [5, 5.41) is 5.00. The molecule has 0 aliphatic heterocycles. The highest BCUT2D eigenvalue weighted by molar-refractivity contribution is 5.99. The molecule has 2 nitrogen and oxygen atoms in total. The van der Waals surface area contributed by atoms with Gasteiger partial charge in [-0.15, -0.1) is 0 Å². The van der Waals surface area contributed by atoms with Crippen molar-refractivity contribution in [3.05, 3.63) is 164 Å². The summed E-state index contributed by atoms with van der Waals surface area (Å²) in [6.07, 6.45) is 0. The highest BCUT2D eigenvalue weighted by Gasteiger charge is 2.15. The van der Waals surface area contributed by atoms with Crippen LogP contribution in [0.25, 0.3) is 32.7 Å². The van der Waals surface area contributed by atoms with E-state index in [0.29, 0.717) is 0 Å². The summed E-state index contributed by atoms with van der Waals surface area (Å²) in [5.41, 5.74) is 8.28. The largest absolute Gasteiger partial charge is 0.341 e. The van der Waals surface area contributed by atoms with Gasteiger partial charge in [-0.3, -0.25) is 0 Å². The average Bonchev–Trinajstić information content (AvgIpc) is 3.07. The Labute approximate surface area is 247 Å². The second kappa shape index (κ2) is 11.3. The molecule has 7 aromatic carbocycles. The van der Waals surface area contributed by atoms with E-state index >= 15 is 0 Å². The van der Waals surface area contributed by atoms with Gasteiger partial charge in [0.1, 0.15) is 0 Å². The maximum Gasteiger partial charge on any atom is 0.0540 e. The molecule has 0 unspecified atom stereocenters. The lowest BCUT2D eigenvalue weighted by Crippen LogP contribution is -2.16. The van der Waals surface area contributed by atoms with Gasteiger partial charge in [-0.2, -0.15) is 0 Å². The zero-order valence-corrected chi connectivity index (χ0v) is 23.7. The molecule has 0 heterocycles. The van der Waals surface area contributed by atoms with Crippen LogP contribution < -0.4 is 9.80 Å². The quantitative estimate of drug-likeness (QED) is 0.198. The van der Waals surface area contributed by atoms with Crippen molar-refractivity contribution in [1.29, 1.82) is 0 Å². The van der Waals surface area contributed by atoms with E-state index in [1.807, 2.05) is 0 Å². The first-order valence-electron chi connectivity index (χ1n) is 14.6. The summed E-state index contributed by atoms with van der Waals surface area (Å²) in [4.78, 5) is 4.73. The van der Waals surface area contributed by atoms with Gasteiger partial charge in [-0.25, -0.2) is 0 Å². The fraction of sp³-hybridized carbons (Fsp3) is 0.0500. The van der Waals surface area contributed by atoms with E-state index in [1.54, 1.807) is 0 Å². The number of hydrogen-bond acceptors (Lipinski definition) is 2. The Morgan fingerprint density at radius 2 is 0.833 bits per heavy atom. The van der Waals surface area contributed by atoms with Gasteiger partial charge in [0.05, 0.1) is 5.69 Å². The van der Waals surface area contributed by atoms with E-state index in [2.05, 4.69) is 181 Å². The van der Waals surface area contributed by atoms with Crippen molar-refractivity contribution in [2.45, 2.75) is 6.92 Å². The monoisotopic (exact) mass is 540 g/mol. The van der Waals surface area contributed by atoms with Gasteiger partial charge in [0, 0.05) is 40.1 Å². The third kappa shape index (κ3) is 4.78. The fourth-order valence-electron chi connectivity index (χ4n) is 5.98. The van der Waals surface area contributed by atoms with Crippen LogP contribution in [0.1, 0.15) is 6.92 Å². The Balaban J connectivity index is 1.22. The molecule has 0 N–H and O–H groups in total. The molecule has 0 aliphatic rings. The average molecular weight is 541 g/mol. The molecule has 0 spiro atoms. The number of hydrogen-bond donors (Lipinski definition) is 0. The van der Waals surface area contributed by atoms with Gasteiger partial charge < -0.3 is 9.80 Å². The van der Waals surface area contributed by atoms with Crippen LogP contribution >= 0.6 is 0 Å². The van der Waals surface area contributed by atoms with Gasteiger partial charge in [0.25, 0.3) is 0 Å². The lowest BCUT2D eigenvalue weighted by atomic mass is 10.0. The molecule has 0 saturated heterocycles. The van der Waals surface area contributed by atoms with Gasteiger partial charge >= 0.3 is 0 Å². The van der Waals surface area contributed by atoms with Gasteiger partial charge in [-0.05, 0) is 77.4 Å². The summed E-state index contributed by atoms with van der Waals surface area (Å²) < 4.78 is 0. The summed E-state index contributed by atoms with van der Waals surface area (Å²) in [6, 6.07) is 58.7. The van der Waals surface area contributed by atoms with Crippen LogP contribution in [0.4, 0.5) is 28.4 Å². The van der Waals surface area contributed by atoms with E-state index in [9.17, 15) is 0 Å². The Bertz CT molecular complexity index is 1950. The van der Waals surface area contributed by atoms with Crippen molar-refractivity contribution in [1.82, 2.24) is 0 Å². The Morgan fingerprint density at radius 1 is 0.381 bits per heavy atom. The van der Waals surface area contributed by atoms with Crippen LogP contribution in [-0.4, -0.2) is 6.54 Å². The second-order valence-electron chi connectivity index (χ2n) is 10.5. The molecule has 0 amide bonds. The molecule has 0 aromatic heterocycles. The van der Waals surface area contributed by atoms with E-state index in [-0.39, 0.29) is 0 Å². The summed E-state index contributed by atoms with van der Waals surface area (Å²) >= 11 is 0. The summed E-state index contributed by atoms with van der Waals surface area (Å²) in [7, 11) is 0. The molecule has 0 fully saturated rings. The van der Waals surface area contributed by atoms with Crippen LogP contribution in [0, 0.1) is 0 Å². The van der Waals surface area contributed by atoms with Crippen molar-refractivity contribution in [3.63, 3.8) is 0 Å². The molecule has 202 valence electrons. The van der Waals surface area contributed by atoms with E-state index in [4.69, 9.17) is 0 Å². The summed E-state index contributed by atoms with van der Waals surface area (Å²) in [6.45, 7) is 3.11. The lowest BCUT2D eigenvalue weighted by Gasteiger charge is -2.27. The molecule has 0 radical (unpaired) electrons. The predicted octanol–water partition coefficient (Wildman–Crippen LogP) is 11.3. The zero-order valence-electron chi connectivity index (χ0n) is 23.7. The van der Waals surface area contributed by atoms with E-state index < -0.39 is 0 Å². The predicted molar refractivity (Wildman–Crippen MR) is 181 cm³/mol. The van der Waals surface area contributed by atoms with Crippen LogP contribution in [0.5, 0.6) is 0 Å². The van der Waals surface area contributed by atoms with Gasteiger partial charge in [0.2, 0.25) is 0 Å². The molecule has 7 rings (SSSR count). The smallest absolute Gasteiger partial charge is 0.0540 e. The van der Waals surface area contributed by atoms with E-state index in [1.165, 1.54) is 49.7 Å². The third-order valence-electron chi connectivity index (χ3n) is 8.03. The molecule has 2 heteroatoms. The first kappa shape index (κ1) is 25.6. The van der Waals surface area contributed by atoms with Crippen molar-refractivity contribution < 1.29 is 0 Å². The minimum Gasteiger partial charge on any atom is -0.341 e. The van der Waals surface area contributed by atoms with Gasteiger partial charge in [0.15, 0.2) is 0 Å². The van der Waals surface area contributed by atoms with Gasteiger partial charge in [-0.1, -0.05) is 115 Å². The normalized spacial score (nSPS) is 11.1. The minimum absolute atomic E-state index is 0.894. The Hall–Kier alpha value is -5.34. The molecule has 0 saturated carbocycles. The molecular formula is C40H32N2. The summed E-state index contributed by atoms with van der Waals surface area (Å²) in [5.74, 6) is 0. The van der Waals surface area contributed by atoms with E-state index in [0.717, 1.165) is 17.9 Å². The molecule has 42 heavy (non-hydrogen) atoms. The molecule has 0 atom stereocenters. The number of para-hydroxylation sites is 1. The topological polar surface area (TPSA) is 6.48 Å². The second-order valence-corrected chi connectivity index (χ2v) is 10.5. The Kier molecular flexibility index (Phi) is 6.87. The van der Waals surface area contributed by atoms with Crippen molar-refractivity contribution in [3.8, 4) is 11.1 Å². The number of nitrogens with zero attached hydrogens (tertiary/aromatic N) is 2. The first-order valence-corrected chi connectivity index (χ1v) is 14.6. The maximum absolute atomic E-state index is 2.39. The van der Waals surface area contributed by atoms with Crippen LogP contribution in [-0.2, 0) is 0 Å².